The van der Waals surface area contributed by atoms with Gasteiger partial charge in [0.05, 0.1) is 24.7 Å². The fraction of sp³-hybridized carbons (Fsp3) is 0.625. The average molecular weight is 470 g/mol. The fourth-order valence-corrected chi connectivity index (χ4v) is 4.74. The van der Waals surface area contributed by atoms with Crippen molar-refractivity contribution >= 4 is 29.2 Å². The molecule has 0 radical (unpaired) electrons. The largest absolute Gasteiger partial charge is 0.494 e. The molecule has 32 heavy (non-hydrogen) atoms. The first kappa shape index (κ1) is 26.4. The van der Waals surface area contributed by atoms with Gasteiger partial charge in [0.25, 0.3) is 0 Å². The lowest BCUT2D eigenvalue weighted by atomic mass is 10.0. The highest BCUT2D eigenvalue weighted by Crippen LogP contribution is 2.35. The average Bonchev–Trinajstić information content (AvgIpc) is 3.03. The Balaban J connectivity index is 0.00000363. The van der Waals surface area contributed by atoms with Crippen LogP contribution in [0, 0.1) is 5.82 Å². The summed E-state index contributed by atoms with van der Waals surface area (Å²) in [5.74, 6) is 0.376. The molecule has 1 aliphatic heterocycles. The number of benzene rings is 1. The van der Waals surface area contributed by atoms with Gasteiger partial charge in [-0.25, -0.2) is 4.39 Å². The summed E-state index contributed by atoms with van der Waals surface area (Å²) >= 11 is 0. The molecule has 2 aromatic rings. The van der Waals surface area contributed by atoms with Crippen LogP contribution in [0.15, 0.2) is 18.2 Å². The molecule has 1 saturated heterocycles. The van der Waals surface area contributed by atoms with Crippen LogP contribution in [0.2, 0.25) is 0 Å². The fourth-order valence-electron chi connectivity index (χ4n) is 4.74. The van der Waals surface area contributed by atoms with Crippen molar-refractivity contribution in [1.82, 2.24) is 14.8 Å². The Morgan fingerprint density at radius 2 is 2.09 bits per heavy atom. The second-order valence-corrected chi connectivity index (χ2v) is 8.56. The van der Waals surface area contributed by atoms with Gasteiger partial charge in [-0.1, -0.05) is 0 Å². The first-order chi connectivity index (χ1) is 15.0. The third-order valence-corrected chi connectivity index (χ3v) is 6.09. The molecule has 8 heteroatoms. The molecular weight excluding hydrogens is 433 g/mol. The van der Waals surface area contributed by atoms with E-state index in [0.29, 0.717) is 17.7 Å². The van der Waals surface area contributed by atoms with Crippen molar-refractivity contribution in [3.8, 4) is 5.75 Å². The monoisotopic (exact) mass is 469 g/mol. The Kier molecular flexibility index (Phi) is 10.3. The number of amides is 1. The number of hydrogen-bond donors (Lipinski definition) is 1. The molecule has 1 aromatic carbocycles. The second kappa shape index (κ2) is 12.4. The van der Waals surface area contributed by atoms with Crippen molar-refractivity contribution in [1.29, 1.82) is 0 Å². The summed E-state index contributed by atoms with van der Waals surface area (Å²) in [6, 6.07) is 5.05. The van der Waals surface area contributed by atoms with Crippen LogP contribution in [-0.4, -0.2) is 61.4 Å². The van der Waals surface area contributed by atoms with Crippen LogP contribution in [0.25, 0.3) is 10.9 Å². The van der Waals surface area contributed by atoms with Gasteiger partial charge in [-0.05, 0) is 64.3 Å². The highest BCUT2D eigenvalue weighted by Gasteiger charge is 2.30. The molecule has 0 bridgehead atoms. The third-order valence-electron chi connectivity index (χ3n) is 6.09. The Bertz CT molecular complexity index is 881. The van der Waals surface area contributed by atoms with Crippen LogP contribution in [-0.2, 0) is 22.5 Å². The molecule has 1 aliphatic rings. The van der Waals surface area contributed by atoms with Crippen molar-refractivity contribution in [3.63, 3.8) is 0 Å². The zero-order valence-corrected chi connectivity index (χ0v) is 20.5. The lowest BCUT2D eigenvalue weighted by Gasteiger charge is -2.37. The zero-order chi connectivity index (χ0) is 22.4. The number of fused-ring (bicyclic) bond motifs is 1. The van der Waals surface area contributed by atoms with Gasteiger partial charge >= 0.3 is 0 Å². The van der Waals surface area contributed by atoms with Crippen LogP contribution >= 0.6 is 12.4 Å². The number of rotatable bonds is 10. The number of carbonyl (C=O) groups excluding carboxylic acids is 1. The van der Waals surface area contributed by atoms with Gasteiger partial charge in [-0.15, -0.1) is 12.4 Å². The molecule has 1 fully saturated rings. The summed E-state index contributed by atoms with van der Waals surface area (Å²) in [5, 5.41) is 4.13. The number of nitrogens with zero attached hydrogens (tertiary/aromatic N) is 2. The Morgan fingerprint density at radius 1 is 1.31 bits per heavy atom. The van der Waals surface area contributed by atoms with E-state index < -0.39 is 0 Å². The van der Waals surface area contributed by atoms with E-state index in [1.54, 1.807) is 20.3 Å². The molecule has 0 unspecified atom stereocenters. The van der Waals surface area contributed by atoms with Gasteiger partial charge < -0.3 is 24.3 Å². The van der Waals surface area contributed by atoms with E-state index in [2.05, 4.69) is 23.7 Å². The summed E-state index contributed by atoms with van der Waals surface area (Å²) in [6.07, 6.45) is 4.14. The number of unbranched alkanes of at least 4 members (excludes halogenated alkanes) is 1. The normalized spacial score (nSPS) is 16.2. The number of piperidine rings is 1. The van der Waals surface area contributed by atoms with Crippen molar-refractivity contribution < 1.29 is 18.7 Å². The van der Waals surface area contributed by atoms with Crippen molar-refractivity contribution in [3.05, 3.63) is 29.7 Å². The number of methoxy groups -OCH3 is 2. The summed E-state index contributed by atoms with van der Waals surface area (Å²) in [7, 11) is 3.29. The Morgan fingerprint density at radius 3 is 2.72 bits per heavy atom. The highest BCUT2D eigenvalue weighted by molar-refractivity contribution is 5.91. The van der Waals surface area contributed by atoms with Crippen LogP contribution in [0.5, 0.6) is 5.75 Å². The minimum absolute atomic E-state index is 0. The molecule has 0 saturated carbocycles. The molecular formula is C24H37ClFN3O3. The van der Waals surface area contributed by atoms with Crippen molar-refractivity contribution in [2.45, 2.75) is 64.6 Å². The molecule has 1 amide bonds. The number of aromatic nitrogens is 1. The molecule has 2 heterocycles. The maximum Gasteiger partial charge on any atom is 0.229 e. The second-order valence-electron chi connectivity index (χ2n) is 8.56. The van der Waals surface area contributed by atoms with E-state index in [9.17, 15) is 9.18 Å². The molecule has 1 atom stereocenters. The standard InChI is InChI=1S/C24H36FN3O3.ClH/c1-17(2)28(19-8-7-11-26-16-19)23(29)15-22-24(31-4)20-14-18(25)9-10-21(20)27(22)12-5-6-13-30-3;/h9-10,14,17,19,26H,5-8,11-13,15-16H2,1-4H3;1H/t19-;/m1./s1. The lowest BCUT2D eigenvalue weighted by Crippen LogP contribution is -2.52. The number of carbonyl (C=O) groups is 1. The van der Waals surface area contributed by atoms with Gasteiger partial charge in [0.1, 0.15) is 11.6 Å². The van der Waals surface area contributed by atoms with Crippen molar-refractivity contribution in [2.24, 2.45) is 0 Å². The Hall–Kier alpha value is -1.83. The number of ether oxygens (including phenoxy) is 2. The quantitative estimate of drug-likeness (QED) is 0.530. The van der Waals surface area contributed by atoms with Crippen LogP contribution < -0.4 is 10.1 Å². The smallest absolute Gasteiger partial charge is 0.229 e. The molecule has 6 nitrogen and oxygen atoms in total. The maximum absolute atomic E-state index is 14.0. The topological polar surface area (TPSA) is 55.7 Å². The van der Waals surface area contributed by atoms with Gasteiger partial charge in [0.2, 0.25) is 5.91 Å². The molecule has 0 spiro atoms. The lowest BCUT2D eigenvalue weighted by molar-refractivity contribution is -0.135. The van der Waals surface area contributed by atoms with E-state index in [1.165, 1.54) is 12.1 Å². The minimum Gasteiger partial charge on any atom is -0.494 e. The van der Waals surface area contributed by atoms with Gasteiger partial charge in [-0.2, -0.15) is 0 Å². The van der Waals surface area contributed by atoms with Crippen molar-refractivity contribution in [2.75, 3.05) is 33.9 Å². The number of halogens is 2. The van der Waals surface area contributed by atoms with Crippen LogP contribution in [0.1, 0.15) is 45.2 Å². The summed E-state index contributed by atoms with van der Waals surface area (Å²) < 4.78 is 27.0. The van der Waals surface area contributed by atoms with E-state index in [-0.39, 0.29) is 42.6 Å². The summed E-state index contributed by atoms with van der Waals surface area (Å²) in [5.41, 5.74) is 1.72. The first-order valence-electron chi connectivity index (χ1n) is 11.3. The first-order valence-corrected chi connectivity index (χ1v) is 11.3. The van der Waals surface area contributed by atoms with E-state index in [1.807, 2.05) is 4.90 Å². The summed E-state index contributed by atoms with van der Waals surface area (Å²) in [6.45, 7) is 7.38. The predicted molar refractivity (Wildman–Crippen MR) is 128 cm³/mol. The van der Waals surface area contributed by atoms with E-state index in [4.69, 9.17) is 9.47 Å². The molecule has 1 aromatic heterocycles. The third kappa shape index (κ3) is 5.94. The number of aryl methyl sites for hydroxylation is 1. The van der Waals surface area contributed by atoms with Crippen LogP contribution in [0.3, 0.4) is 0 Å². The molecule has 180 valence electrons. The van der Waals surface area contributed by atoms with Crippen LogP contribution in [0.4, 0.5) is 4.39 Å². The molecule has 1 N–H and O–H groups in total. The van der Waals surface area contributed by atoms with Gasteiger partial charge in [0.15, 0.2) is 0 Å². The minimum atomic E-state index is -0.308. The van der Waals surface area contributed by atoms with E-state index in [0.717, 1.165) is 56.5 Å². The van der Waals surface area contributed by atoms with E-state index >= 15 is 0 Å². The zero-order valence-electron chi connectivity index (χ0n) is 19.7. The molecule has 0 aliphatic carbocycles. The predicted octanol–water partition coefficient (Wildman–Crippen LogP) is 4.17. The number of nitrogens with one attached hydrogen (secondary N) is 1. The maximum atomic E-state index is 14.0. The SMILES string of the molecule is COCCCCn1c(CC(=O)N(C(C)C)[C@@H]2CCCNC2)c(OC)c2cc(F)ccc21.Cl. The summed E-state index contributed by atoms with van der Waals surface area (Å²) in [4.78, 5) is 15.5. The number of hydrogen-bond acceptors (Lipinski definition) is 4. The van der Waals surface area contributed by atoms with Gasteiger partial charge in [0, 0.05) is 44.3 Å². The molecule has 3 rings (SSSR count). The highest BCUT2D eigenvalue weighted by atomic mass is 35.5. The Labute approximate surface area is 196 Å². The van der Waals surface area contributed by atoms with Gasteiger partial charge in [-0.3, -0.25) is 4.79 Å².